The Balaban J connectivity index is 2.85. The van der Waals surface area contributed by atoms with Crippen molar-refractivity contribution in [3.63, 3.8) is 0 Å². The van der Waals surface area contributed by atoms with Gasteiger partial charge in [0, 0.05) is 25.7 Å². The van der Waals surface area contributed by atoms with Crippen molar-refractivity contribution in [1.82, 2.24) is 4.90 Å². The van der Waals surface area contributed by atoms with Gasteiger partial charge in [0.15, 0.2) is 0 Å². The molecule has 0 aliphatic carbocycles. The molecule has 1 aliphatic heterocycles. The molecule has 0 spiro atoms. The van der Waals surface area contributed by atoms with Gasteiger partial charge in [-0.05, 0) is 45.1 Å². The summed E-state index contributed by atoms with van der Waals surface area (Å²) in [6.07, 6.45) is 5.95. The number of nitrogens with zero attached hydrogens (tertiary/aromatic N) is 1. The van der Waals surface area contributed by atoms with Gasteiger partial charge >= 0.3 is 0 Å². The van der Waals surface area contributed by atoms with E-state index in [1.807, 2.05) is 7.11 Å². The van der Waals surface area contributed by atoms with Crippen molar-refractivity contribution in [2.75, 3.05) is 26.7 Å². The molecule has 0 aromatic carbocycles. The molecule has 1 rings (SSSR count). The van der Waals surface area contributed by atoms with Gasteiger partial charge in [0.1, 0.15) is 0 Å². The quantitative estimate of drug-likeness (QED) is 0.773. The first-order valence-electron chi connectivity index (χ1n) is 7.95. The molecular formula is C16H34N2O. The molecule has 0 amide bonds. The molecular weight excluding hydrogens is 236 g/mol. The van der Waals surface area contributed by atoms with Crippen LogP contribution < -0.4 is 5.73 Å². The van der Waals surface area contributed by atoms with E-state index in [1.165, 1.54) is 25.8 Å². The molecule has 1 heterocycles. The Bertz CT molecular complexity index is 265. The number of piperidine rings is 1. The Morgan fingerprint density at radius 3 is 2.58 bits per heavy atom. The van der Waals surface area contributed by atoms with Crippen molar-refractivity contribution >= 4 is 0 Å². The van der Waals surface area contributed by atoms with Gasteiger partial charge in [-0.2, -0.15) is 0 Å². The van der Waals surface area contributed by atoms with E-state index in [9.17, 15) is 0 Å². The van der Waals surface area contributed by atoms with Crippen molar-refractivity contribution < 1.29 is 4.74 Å². The van der Waals surface area contributed by atoms with E-state index < -0.39 is 0 Å². The Morgan fingerprint density at radius 1 is 1.42 bits per heavy atom. The summed E-state index contributed by atoms with van der Waals surface area (Å²) in [4.78, 5) is 2.62. The van der Waals surface area contributed by atoms with Gasteiger partial charge in [-0.25, -0.2) is 0 Å². The molecule has 1 fully saturated rings. The molecule has 0 aromatic rings. The summed E-state index contributed by atoms with van der Waals surface area (Å²) in [6, 6.07) is 0. The highest BCUT2D eigenvalue weighted by molar-refractivity contribution is 4.97. The van der Waals surface area contributed by atoms with Gasteiger partial charge in [0.2, 0.25) is 0 Å². The summed E-state index contributed by atoms with van der Waals surface area (Å²) in [7, 11) is 1.84. The van der Waals surface area contributed by atoms with E-state index in [0.29, 0.717) is 0 Å². The van der Waals surface area contributed by atoms with Crippen molar-refractivity contribution in [2.24, 2.45) is 11.7 Å². The highest BCUT2D eigenvalue weighted by atomic mass is 16.5. The fourth-order valence-electron chi connectivity index (χ4n) is 3.42. The van der Waals surface area contributed by atoms with E-state index in [2.05, 4.69) is 32.6 Å². The first kappa shape index (κ1) is 16.9. The Hall–Kier alpha value is -0.120. The second-order valence-corrected chi connectivity index (χ2v) is 6.68. The van der Waals surface area contributed by atoms with E-state index in [-0.39, 0.29) is 11.1 Å². The molecule has 3 nitrogen and oxygen atoms in total. The van der Waals surface area contributed by atoms with Crippen LogP contribution in [0, 0.1) is 5.92 Å². The molecule has 1 saturated heterocycles. The van der Waals surface area contributed by atoms with Gasteiger partial charge in [0.05, 0.1) is 5.60 Å². The molecule has 1 aliphatic rings. The van der Waals surface area contributed by atoms with E-state index in [1.54, 1.807) is 0 Å². The van der Waals surface area contributed by atoms with Crippen molar-refractivity contribution in [2.45, 2.75) is 70.9 Å². The molecule has 114 valence electrons. The molecule has 3 heteroatoms. The second-order valence-electron chi connectivity index (χ2n) is 6.68. The van der Waals surface area contributed by atoms with Gasteiger partial charge in [-0.15, -0.1) is 0 Å². The Kier molecular flexibility index (Phi) is 6.28. The summed E-state index contributed by atoms with van der Waals surface area (Å²) in [5.41, 5.74) is 6.37. The molecule has 3 unspecified atom stereocenters. The maximum absolute atomic E-state index is 6.20. The summed E-state index contributed by atoms with van der Waals surface area (Å²) in [6.45, 7) is 12.1. The third kappa shape index (κ3) is 3.93. The van der Waals surface area contributed by atoms with Gasteiger partial charge in [-0.3, -0.25) is 4.90 Å². The fraction of sp³-hybridized carbons (Fsp3) is 1.00. The van der Waals surface area contributed by atoms with E-state index >= 15 is 0 Å². The molecule has 0 aromatic heterocycles. The molecule has 2 N–H and O–H groups in total. The smallest absolute Gasteiger partial charge is 0.0777 e. The number of hydrogen-bond donors (Lipinski definition) is 1. The predicted octanol–water partition coefficient (Wildman–Crippen LogP) is 3.03. The minimum Gasteiger partial charge on any atom is -0.377 e. The van der Waals surface area contributed by atoms with Crippen LogP contribution in [0.2, 0.25) is 0 Å². The molecule has 0 bridgehead atoms. The number of ether oxygens (including phenoxy) is 1. The molecule has 0 radical (unpaired) electrons. The zero-order valence-corrected chi connectivity index (χ0v) is 13.7. The largest absolute Gasteiger partial charge is 0.377 e. The second kappa shape index (κ2) is 7.05. The number of methoxy groups -OCH3 is 1. The van der Waals surface area contributed by atoms with Crippen LogP contribution in [0.1, 0.15) is 59.8 Å². The predicted molar refractivity (Wildman–Crippen MR) is 82.4 cm³/mol. The minimum atomic E-state index is 0.00327. The van der Waals surface area contributed by atoms with E-state index in [4.69, 9.17) is 10.5 Å². The standard InChI is InChI=1S/C16H34N2O/c1-6-14(3)11-16(7-2,12-17)18-10-8-9-15(4,13-18)19-5/h14H,6-13,17H2,1-5H3. The van der Waals surface area contributed by atoms with Crippen LogP contribution in [0.15, 0.2) is 0 Å². The van der Waals surface area contributed by atoms with Crippen LogP contribution in [0.25, 0.3) is 0 Å². The lowest BCUT2D eigenvalue weighted by atomic mass is 9.80. The average molecular weight is 270 g/mol. The fourth-order valence-corrected chi connectivity index (χ4v) is 3.42. The normalized spacial score (nSPS) is 30.0. The van der Waals surface area contributed by atoms with Crippen LogP contribution in [0.5, 0.6) is 0 Å². The topological polar surface area (TPSA) is 38.5 Å². The third-order valence-corrected chi connectivity index (χ3v) is 5.29. The van der Waals surface area contributed by atoms with Crippen LogP contribution in [0.4, 0.5) is 0 Å². The Morgan fingerprint density at radius 2 is 2.11 bits per heavy atom. The Labute approximate surface area is 119 Å². The highest BCUT2D eigenvalue weighted by Crippen LogP contribution is 2.34. The summed E-state index contributed by atoms with van der Waals surface area (Å²) in [5.74, 6) is 0.735. The SMILES string of the molecule is CCC(C)CC(CC)(CN)N1CCCC(C)(OC)C1. The number of nitrogens with two attached hydrogens (primary N) is 1. The van der Waals surface area contributed by atoms with Crippen LogP contribution in [0.3, 0.4) is 0 Å². The van der Waals surface area contributed by atoms with Gasteiger partial charge < -0.3 is 10.5 Å². The van der Waals surface area contributed by atoms with Crippen LogP contribution in [-0.2, 0) is 4.74 Å². The lowest BCUT2D eigenvalue weighted by Crippen LogP contribution is -2.61. The summed E-state index contributed by atoms with van der Waals surface area (Å²) >= 11 is 0. The molecule has 3 atom stereocenters. The first-order chi connectivity index (χ1) is 8.95. The molecule has 0 saturated carbocycles. The maximum Gasteiger partial charge on any atom is 0.0777 e. The van der Waals surface area contributed by atoms with Crippen LogP contribution >= 0.6 is 0 Å². The maximum atomic E-state index is 6.20. The average Bonchev–Trinajstić information content (AvgIpc) is 2.44. The zero-order chi connectivity index (χ0) is 14.5. The van der Waals surface area contributed by atoms with Crippen molar-refractivity contribution in [3.8, 4) is 0 Å². The van der Waals surface area contributed by atoms with Crippen molar-refractivity contribution in [3.05, 3.63) is 0 Å². The van der Waals surface area contributed by atoms with Gasteiger partial charge in [-0.1, -0.05) is 27.2 Å². The first-order valence-corrected chi connectivity index (χ1v) is 7.95. The van der Waals surface area contributed by atoms with Gasteiger partial charge in [0.25, 0.3) is 0 Å². The summed E-state index contributed by atoms with van der Waals surface area (Å²) < 4.78 is 5.74. The van der Waals surface area contributed by atoms with Crippen LogP contribution in [-0.4, -0.2) is 42.8 Å². The lowest BCUT2D eigenvalue weighted by molar-refractivity contribution is -0.0851. The number of likely N-dealkylation sites (tertiary alicyclic amines) is 1. The number of hydrogen-bond acceptors (Lipinski definition) is 3. The van der Waals surface area contributed by atoms with Crippen molar-refractivity contribution in [1.29, 1.82) is 0 Å². The zero-order valence-electron chi connectivity index (χ0n) is 13.7. The minimum absolute atomic E-state index is 0.00327. The highest BCUT2D eigenvalue weighted by Gasteiger charge is 2.41. The monoisotopic (exact) mass is 270 g/mol. The number of rotatable bonds is 7. The third-order valence-electron chi connectivity index (χ3n) is 5.29. The molecule has 19 heavy (non-hydrogen) atoms. The lowest BCUT2D eigenvalue weighted by Gasteiger charge is -2.50. The summed E-state index contributed by atoms with van der Waals surface area (Å²) in [5, 5.41) is 0. The van der Waals surface area contributed by atoms with E-state index in [0.717, 1.165) is 31.8 Å².